The molecule has 6 nitrogen and oxygen atoms in total. The van der Waals surface area contributed by atoms with Gasteiger partial charge in [0.1, 0.15) is 6.33 Å². The zero-order valence-electron chi connectivity index (χ0n) is 12.3. The van der Waals surface area contributed by atoms with Gasteiger partial charge in [-0.05, 0) is 38.4 Å². The Balaban J connectivity index is 1.90. The third kappa shape index (κ3) is 2.54. The fourth-order valence-corrected chi connectivity index (χ4v) is 2.66. The first-order chi connectivity index (χ1) is 10.1. The van der Waals surface area contributed by atoms with Crippen LogP contribution in [-0.4, -0.2) is 32.8 Å². The Morgan fingerprint density at radius 2 is 2.24 bits per heavy atom. The number of nitrogens with zero attached hydrogens (tertiary/aromatic N) is 3. The number of nitrogens with one attached hydrogen (secondary N) is 2. The molecule has 1 atom stereocenters. The Hall–Kier alpha value is -2.21. The van der Waals surface area contributed by atoms with Crippen molar-refractivity contribution >= 4 is 11.6 Å². The number of benzene rings is 1. The molecule has 1 amide bonds. The third-order valence-corrected chi connectivity index (χ3v) is 4.00. The summed E-state index contributed by atoms with van der Waals surface area (Å²) in [6, 6.07) is 7.65. The summed E-state index contributed by atoms with van der Waals surface area (Å²) in [5.74, 6) is 0.727. The number of amides is 1. The van der Waals surface area contributed by atoms with Gasteiger partial charge in [-0.2, -0.15) is 0 Å². The SMILES string of the molecule is Cn1cnnc1-c1ccccc1NC(=O)C1(C)CCCN1. The van der Waals surface area contributed by atoms with E-state index in [4.69, 9.17) is 0 Å². The maximum absolute atomic E-state index is 12.5. The average molecular weight is 285 g/mol. The van der Waals surface area contributed by atoms with E-state index in [2.05, 4.69) is 20.8 Å². The van der Waals surface area contributed by atoms with Crippen LogP contribution in [0.15, 0.2) is 30.6 Å². The summed E-state index contributed by atoms with van der Waals surface area (Å²) >= 11 is 0. The van der Waals surface area contributed by atoms with Crippen LogP contribution in [0.2, 0.25) is 0 Å². The lowest BCUT2D eigenvalue weighted by Crippen LogP contribution is -2.48. The first-order valence-corrected chi connectivity index (χ1v) is 7.10. The Morgan fingerprint density at radius 3 is 2.90 bits per heavy atom. The van der Waals surface area contributed by atoms with Crippen molar-refractivity contribution in [2.45, 2.75) is 25.3 Å². The van der Waals surface area contributed by atoms with Gasteiger partial charge in [-0.25, -0.2) is 0 Å². The molecular weight excluding hydrogens is 266 g/mol. The van der Waals surface area contributed by atoms with Gasteiger partial charge >= 0.3 is 0 Å². The predicted molar refractivity (Wildman–Crippen MR) is 80.7 cm³/mol. The van der Waals surface area contributed by atoms with Crippen LogP contribution in [-0.2, 0) is 11.8 Å². The molecule has 1 aliphatic rings. The second-order valence-electron chi connectivity index (χ2n) is 5.63. The Morgan fingerprint density at radius 1 is 1.43 bits per heavy atom. The number of aromatic nitrogens is 3. The van der Waals surface area contributed by atoms with E-state index in [-0.39, 0.29) is 5.91 Å². The van der Waals surface area contributed by atoms with Crippen molar-refractivity contribution in [3.05, 3.63) is 30.6 Å². The minimum Gasteiger partial charge on any atom is -0.324 e. The van der Waals surface area contributed by atoms with Crippen LogP contribution in [0.4, 0.5) is 5.69 Å². The molecule has 0 saturated carbocycles. The highest BCUT2D eigenvalue weighted by atomic mass is 16.2. The number of rotatable bonds is 3. The summed E-state index contributed by atoms with van der Waals surface area (Å²) in [7, 11) is 1.88. The minimum atomic E-state index is -0.493. The molecule has 1 unspecified atom stereocenters. The molecule has 0 aliphatic carbocycles. The first kappa shape index (κ1) is 13.8. The van der Waals surface area contributed by atoms with Crippen molar-refractivity contribution in [1.29, 1.82) is 0 Å². The molecule has 6 heteroatoms. The zero-order valence-corrected chi connectivity index (χ0v) is 12.3. The number of carbonyl (C=O) groups excluding carboxylic acids is 1. The van der Waals surface area contributed by atoms with Gasteiger partial charge in [0.2, 0.25) is 5.91 Å². The molecule has 3 rings (SSSR count). The lowest BCUT2D eigenvalue weighted by molar-refractivity contribution is -0.121. The summed E-state index contributed by atoms with van der Waals surface area (Å²) in [6.45, 7) is 2.83. The number of hydrogen-bond acceptors (Lipinski definition) is 4. The van der Waals surface area contributed by atoms with Gasteiger partial charge < -0.3 is 15.2 Å². The Labute approximate surface area is 123 Å². The van der Waals surface area contributed by atoms with Crippen molar-refractivity contribution in [2.75, 3.05) is 11.9 Å². The van der Waals surface area contributed by atoms with Gasteiger partial charge in [0.15, 0.2) is 5.82 Å². The molecule has 1 aromatic heterocycles. The van der Waals surface area contributed by atoms with Gasteiger partial charge in [0.25, 0.3) is 0 Å². The quantitative estimate of drug-likeness (QED) is 0.898. The van der Waals surface area contributed by atoms with Crippen LogP contribution >= 0.6 is 0 Å². The normalized spacial score (nSPS) is 21.4. The maximum Gasteiger partial charge on any atom is 0.244 e. The zero-order chi connectivity index (χ0) is 14.9. The molecule has 1 fully saturated rings. The van der Waals surface area contributed by atoms with Crippen LogP contribution in [0.1, 0.15) is 19.8 Å². The molecule has 2 N–H and O–H groups in total. The summed E-state index contributed by atoms with van der Waals surface area (Å²) < 4.78 is 1.83. The number of anilines is 1. The number of aryl methyl sites for hydroxylation is 1. The molecule has 1 aromatic carbocycles. The van der Waals surface area contributed by atoms with E-state index < -0.39 is 5.54 Å². The standard InChI is InChI=1S/C15H19N5O/c1-15(8-5-9-16-15)14(21)18-12-7-4-3-6-11(12)13-19-17-10-20(13)2/h3-4,6-7,10,16H,5,8-9H2,1-2H3,(H,18,21). The summed E-state index contributed by atoms with van der Waals surface area (Å²) in [5, 5.41) is 14.3. The predicted octanol–water partition coefficient (Wildman–Crippen LogP) is 1.56. The fourth-order valence-electron chi connectivity index (χ4n) is 2.66. The number of hydrogen-bond donors (Lipinski definition) is 2. The highest BCUT2D eigenvalue weighted by Crippen LogP contribution is 2.27. The highest BCUT2D eigenvalue weighted by molar-refractivity contribution is 6.00. The molecule has 110 valence electrons. The van der Waals surface area contributed by atoms with E-state index in [0.717, 1.165) is 36.5 Å². The average Bonchev–Trinajstić information content (AvgIpc) is 3.09. The molecule has 21 heavy (non-hydrogen) atoms. The first-order valence-electron chi connectivity index (χ1n) is 7.10. The van der Waals surface area contributed by atoms with E-state index in [0.29, 0.717) is 0 Å². The summed E-state index contributed by atoms with van der Waals surface area (Å²) in [6.07, 6.45) is 3.52. The van der Waals surface area contributed by atoms with Crippen LogP contribution in [0.3, 0.4) is 0 Å². The van der Waals surface area contributed by atoms with E-state index in [1.807, 2.05) is 42.8 Å². The van der Waals surface area contributed by atoms with Gasteiger partial charge in [0.05, 0.1) is 11.2 Å². The highest BCUT2D eigenvalue weighted by Gasteiger charge is 2.36. The van der Waals surface area contributed by atoms with Crippen LogP contribution in [0.25, 0.3) is 11.4 Å². The van der Waals surface area contributed by atoms with E-state index in [1.165, 1.54) is 0 Å². The maximum atomic E-state index is 12.5. The number of para-hydroxylation sites is 1. The van der Waals surface area contributed by atoms with Gasteiger partial charge in [0, 0.05) is 12.6 Å². The number of carbonyl (C=O) groups is 1. The fraction of sp³-hybridized carbons (Fsp3) is 0.400. The van der Waals surface area contributed by atoms with Gasteiger partial charge in [-0.15, -0.1) is 10.2 Å². The summed E-state index contributed by atoms with van der Waals surface area (Å²) in [4.78, 5) is 12.5. The largest absolute Gasteiger partial charge is 0.324 e. The second kappa shape index (κ2) is 5.29. The molecule has 0 spiro atoms. The van der Waals surface area contributed by atoms with Crippen LogP contribution in [0.5, 0.6) is 0 Å². The van der Waals surface area contributed by atoms with Gasteiger partial charge in [-0.3, -0.25) is 4.79 Å². The van der Waals surface area contributed by atoms with Crippen LogP contribution < -0.4 is 10.6 Å². The van der Waals surface area contributed by atoms with Crippen molar-refractivity contribution in [3.8, 4) is 11.4 Å². The monoisotopic (exact) mass is 285 g/mol. The smallest absolute Gasteiger partial charge is 0.244 e. The van der Waals surface area contributed by atoms with Crippen molar-refractivity contribution < 1.29 is 4.79 Å². The lowest BCUT2D eigenvalue weighted by Gasteiger charge is -2.23. The molecule has 1 saturated heterocycles. The van der Waals surface area contributed by atoms with E-state index in [1.54, 1.807) is 6.33 Å². The minimum absolute atomic E-state index is 0.00498. The van der Waals surface area contributed by atoms with Crippen molar-refractivity contribution in [3.63, 3.8) is 0 Å². The van der Waals surface area contributed by atoms with Crippen molar-refractivity contribution in [1.82, 2.24) is 20.1 Å². The lowest BCUT2D eigenvalue weighted by atomic mass is 9.99. The topological polar surface area (TPSA) is 71.8 Å². The van der Waals surface area contributed by atoms with Crippen LogP contribution in [0, 0.1) is 0 Å². The van der Waals surface area contributed by atoms with Gasteiger partial charge in [-0.1, -0.05) is 12.1 Å². The molecular formula is C15H19N5O. The molecule has 2 aromatic rings. The summed E-state index contributed by atoms with van der Waals surface area (Å²) in [5.41, 5.74) is 1.13. The van der Waals surface area contributed by atoms with E-state index in [9.17, 15) is 4.79 Å². The molecule has 0 radical (unpaired) electrons. The van der Waals surface area contributed by atoms with E-state index >= 15 is 0 Å². The molecule has 1 aliphatic heterocycles. The molecule has 0 bridgehead atoms. The molecule has 2 heterocycles. The Bertz CT molecular complexity index is 658. The Kier molecular flexibility index (Phi) is 3.47. The third-order valence-electron chi connectivity index (χ3n) is 4.00. The second-order valence-corrected chi connectivity index (χ2v) is 5.63. The van der Waals surface area contributed by atoms with Crippen molar-refractivity contribution in [2.24, 2.45) is 7.05 Å².